The van der Waals surface area contributed by atoms with E-state index in [4.69, 9.17) is 0 Å². The zero-order valence-corrected chi connectivity index (χ0v) is 17.3. The number of amides is 1. The van der Waals surface area contributed by atoms with Crippen LogP contribution in [0.25, 0.3) is 0 Å². The van der Waals surface area contributed by atoms with Crippen molar-refractivity contribution in [3.05, 3.63) is 53.0 Å². The number of nitrogens with one attached hydrogen (secondary N) is 2. The molecule has 0 saturated heterocycles. The number of alkyl halides is 2. The van der Waals surface area contributed by atoms with Crippen LogP contribution in [0.15, 0.2) is 57.3 Å². The van der Waals surface area contributed by atoms with Crippen LogP contribution >= 0.6 is 39.0 Å². The number of para-hydroxylation sites is 2. The summed E-state index contributed by atoms with van der Waals surface area (Å²) >= 11 is 5.90. The number of ether oxygens (including phenoxy) is 1. The number of anilines is 3. The van der Waals surface area contributed by atoms with Gasteiger partial charge in [-0.15, -0.1) is 10.2 Å². The lowest BCUT2D eigenvalue weighted by Gasteiger charge is -2.11. The minimum Gasteiger partial charge on any atom is -0.433 e. The molecule has 1 heterocycles. The maximum absolute atomic E-state index is 12.4. The number of benzene rings is 2. The molecule has 11 heteroatoms. The van der Waals surface area contributed by atoms with Crippen LogP contribution in [0.3, 0.4) is 0 Å². The highest BCUT2D eigenvalue weighted by atomic mass is 79.9. The number of nitrogens with zero attached hydrogens (tertiary/aromatic N) is 2. The minimum atomic E-state index is -2.97. The van der Waals surface area contributed by atoms with Crippen LogP contribution in [0, 0.1) is 0 Å². The van der Waals surface area contributed by atoms with Crippen molar-refractivity contribution in [3.8, 4) is 5.75 Å². The van der Waals surface area contributed by atoms with Gasteiger partial charge in [-0.2, -0.15) is 8.78 Å². The van der Waals surface area contributed by atoms with E-state index in [2.05, 4.69) is 41.5 Å². The SMILES string of the molecule is O=C(CSc1nnc(Nc2cccc(Br)c2)s1)Nc1ccccc1OC(F)F. The number of hydrogen-bond acceptors (Lipinski definition) is 7. The Morgan fingerprint density at radius 1 is 1.21 bits per heavy atom. The first-order valence-electron chi connectivity index (χ1n) is 7.82. The zero-order valence-electron chi connectivity index (χ0n) is 14.1. The fraction of sp³-hybridized carbons (Fsp3) is 0.118. The molecule has 0 spiro atoms. The Morgan fingerprint density at radius 2 is 2.04 bits per heavy atom. The molecule has 2 N–H and O–H groups in total. The second-order valence-corrected chi connectivity index (χ2v) is 8.34. The molecule has 0 radical (unpaired) electrons. The van der Waals surface area contributed by atoms with Gasteiger partial charge in [0.1, 0.15) is 5.75 Å². The maximum Gasteiger partial charge on any atom is 0.387 e. The average Bonchev–Trinajstić information content (AvgIpc) is 3.09. The highest BCUT2D eigenvalue weighted by Crippen LogP contribution is 2.29. The third-order valence-corrected chi connectivity index (χ3v) is 5.65. The van der Waals surface area contributed by atoms with Gasteiger partial charge in [-0.1, -0.05) is 57.2 Å². The van der Waals surface area contributed by atoms with Crippen molar-refractivity contribution in [1.82, 2.24) is 10.2 Å². The average molecular weight is 487 g/mol. The number of halogens is 3. The van der Waals surface area contributed by atoms with Gasteiger partial charge < -0.3 is 15.4 Å². The van der Waals surface area contributed by atoms with E-state index < -0.39 is 6.61 Å². The number of carbonyl (C=O) groups is 1. The third kappa shape index (κ3) is 6.14. The molecule has 2 aromatic carbocycles. The predicted molar refractivity (Wildman–Crippen MR) is 110 cm³/mol. The summed E-state index contributed by atoms with van der Waals surface area (Å²) in [5.41, 5.74) is 1.04. The van der Waals surface area contributed by atoms with Gasteiger partial charge in [0, 0.05) is 10.2 Å². The number of aromatic nitrogens is 2. The zero-order chi connectivity index (χ0) is 19.9. The van der Waals surface area contributed by atoms with Gasteiger partial charge in [-0.3, -0.25) is 4.79 Å². The second kappa shape index (κ2) is 9.80. The summed E-state index contributed by atoms with van der Waals surface area (Å²) in [6.07, 6.45) is 0. The van der Waals surface area contributed by atoms with Crippen molar-refractivity contribution in [2.45, 2.75) is 11.0 Å². The Bertz CT molecular complexity index is 958. The van der Waals surface area contributed by atoms with E-state index in [-0.39, 0.29) is 23.1 Å². The van der Waals surface area contributed by atoms with E-state index >= 15 is 0 Å². The third-order valence-electron chi connectivity index (χ3n) is 3.19. The van der Waals surface area contributed by atoms with Crippen LogP contribution in [-0.2, 0) is 4.79 Å². The van der Waals surface area contributed by atoms with Crippen LogP contribution in [-0.4, -0.2) is 28.5 Å². The van der Waals surface area contributed by atoms with Crippen LogP contribution in [0.5, 0.6) is 5.75 Å². The molecule has 0 unspecified atom stereocenters. The van der Waals surface area contributed by atoms with Gasteiger partial charge in [-0.25, -0.2) is 0 Å². The molecule has 0 aliphatic carbocycles. The van der Waals surface area contributed by atoms with Crippen molar-refractivity contribution in [2.75, 3.05) is 16.4 Å². The fourth-order valence-corrected chi connectivity index (χ4v) is 4.06. The van der Waals surface area contributed by atoms with Crippen LogP contribution in [0.4, 0.5) is 25.3 Å². The number of thioether (sulfide) groups is 1. The van der Waals surface area contributed by atoms with Gasteiger partial charge in [0.2, 0.25) is 11.0 Å². The smallest absolute Gasteiger partial charge is 0.387 e. The van der Waals surface area contributed by atoms with Crippen molar-refractivity contribution in [3.63, 3.8) is 0 Å². The first-order chi connectivity index (χ1) is 13.5. The largest absolute Gasteiger partial charge is 0.433 e. The molecule has 1 amide bonds. The first kappa shape index (κ1) is 20.5. The topological polar surface area (TPSA) is 76.1 Å². The highest BCUT2D eigenvalue weighted by molar-refractivity contribution is 9.10. The van der Waals surface area contributed by atoms with E-state index in [0.29, 0.717) is 9.47 Å². The Hall–Kier alpha value is -2.24. The standard InChI is InChI=1S/C17H13BrF2N4O2S2/c18-10-4-3-5-11(8-10)21-16-23-24-17(28-16)27-9-14(25)22-12-6-1-2-7-13(12)26-15(19)20/h1-8,15H,9H2,(H,21,23)(H,22,25). The lowest BCUT2D eigenvalue weighted by atomic mass is 10.3. The molecule has 0 fully saturated rings. The van der Waals surface area contributed by atoms with E-state index in [1.165, 1.54) is 35.2 Å². The molecule has 1 aromatic heterocycles. The Kier molecular flexibility index (Phi) is 7.18. The van der Waals surface area contributed by atoms with Gasteiger partial charge in [0.05, 0.1) is 11.4 Å². The normalized spacial score (nSPS) is 10.7. The summed E-state index contributed by atoms with van der Waals surface area (Å²) in [5.74, 6) is -0.409. The van der Waals surface area contributed by atoms with Gasteiger partial charge in [0.15, 0.2) is 4.34 Å². The molecule has 28 heavy (non-hydrogen) atoms. The van der Waals surface area contributed by atoms with Crippen LogP contribution < -0.4 is 15.4 Å². The lowest BCUT2D eigenvalue weighted by molar-refractivity contribution is -0.113. The lowest BCUT2D eigenvalue weighted by Crippen LogP contribution is -2.15. The maximum atomic E-state index is 12.4. The number of rotatable bonds is 8. The first-order valence-corrected chi connectivity index (χ1v) is 10.4. The number of hydrogen-bond donors (Lipinski definition) is 2. The molecule has 6 nitrogen and oxygen atoms in total. The monoisotopic (exact) mass is 486 g/mol. The summed E-state index contributed by atoms with van der Waals surface area (Å²) < 4.78 is 30.8. The van der Waals surface area contributed by atoms with Gasteiger partial charge in [-0.05, 0) is 30.3 Å². The van der Waals surface area contributed by atoms with Gasteiger partial charge >= 0.3 is 6.61 Å². The van der Waals surface area contributed by atoms with Crippen molar-refractivity contribution < 1.29 is 18.3 Å². The highest BCUT2D eigenvalue weighted by Gasteiger charge is 2.13. The van der Waals surface area contributed by atoms with Crippen LogP contribution in [0.1, 0.15) is 0 Å². The van der Waals surface area contributed by atoms with E-state index in [1.54, 1.807) is 12.1 Å². The van der Waals surface area contributed by atoms with Crippen LogP contribution in [0.2, 0.25) is 0 Å². The second-order valence-electron chi connectivity index (χ2n) is 5.22. The Balaban J connectivity index is 1.54. The fourth-order valence-electron chi connectivity index (χ4n) is 2.09. The predicted octanol–water partition coefficient (Wildman–Crippen LogP) is 5.38. The minimum absolute atomic E-state index is 0.0501. The summed E-state index contributed by atoms with van der Waals surface area (Å²) in [5, 5.41) is 14.3. The molecular weight excluding hydrogens is 474 g/mol. The quantitative estimate of drug-likeness (QED) is 0.416. The van der Waals surface area contributed by atoms with Crippen molar-refractivity contribution in [1.29, 1.82) is 0 Å². The van der Waals surface area contributed by atoms with E-state index in [1.807, 2.05) is 24.3 Å². The molecule has 3 rings (SSSR count). The summed E-state index contributed by atoms with van der Waals surface area (Å²) in [7, 11) is 0. The Labute approximate surface area is 175 Å². The summed E-state index contributed by atoms with van der Waals surface area (Å²) in [6, 6.07) is 13.6. The molecule has 0 aliphatic rings. The molecule has 3 aromatic rings. The molecule has 146 valence electrons. The summed E-state index contributed by atoms with van der Waals surface area (Å²) in [4.78, 5) is 12.1. The number of carbonyl (C=O) groups excluding carboxylic acids is 1. The van der Waals surface area contributed by atoms with E-state index in [9.17, 15) is 13.6 Å². The molecule has 0 saturated carbocycles. The molecule has 0 atom stereocenters. The van der Waals surface area contributed by atoms with Gasteiger partial charge in [0.25, 0.3) is 0 Å². The summed E-state index contributed by atoms with van der Waals surface area (Å²) in [6.45, 7) is -2.97. The van der Waals surface area contributed by atoms with E-state index in [0.717, 1.165) is 10.2 Å². The Morgan fingerprint density at radius 3 is 2.82 bits per heavy atom. The molecule has 0 bridgehead atoms. The van der Waals surface area contributed by atoms with Crippen molar-refractivity contribution in [2.24, 2.45) is 0 Å². The molecular formula is C17H13BrF2N4O2S2. The molecule has 0 aliphatic heterocycles. The van der Waals surface area contributed by atoms with Crippen molar-refractivity contribution >= 4 is 61.4 Å².